The molecule has 1 aliphatic heterocycles. The fraction of sp³-hybridized carbons (Fsp3) is 0.250. The molecule has 2 aromatic rings. The molecule has 3 amide bonds. The SMILES string of the molecule is Cc1ccccc1NC(=O)C[C@@H]1C(=O)NCCN1C(=O)c1cccc(Cl)c1. The molecule has 1 fully saturated rings. The minimum Gasteiger partial charge on any atom is -0.353 e. The smallest absolute Gasteiger partial charge is 0.254 e. The Hall–Kier alpha value is -2.86. The standard InChI is InChI=1S/C20H20ClN3O3/c1-13-5-2-3-8-16(13)23-18(25)12-17-19(26)22-9-10-24(17)20(27)14-6-4-7-15(21)11-14/h2-8,11,17H,9-10,12H2,1H3,(H,22,26)(H,23,25)/t17-/m1/s1. The average molecular weight is 386 g/mol. The highest BCUT2D eigenvalue weighted by Gasteiger charge is 2.35. The lowest BCUT2D eigenvalue weighted by molar-refractivity contribution is -0.131. The second-order valence-electron chi connectivity index (χ2n) is 6.38. The van der Waals surface area contributed by atoms with E-state index in [2.05, 4.69) is 10.6 Å². The molecule has 0 bridgehead atoms. The van der Waals surface area contributed by atoms with Gasteiger partial charge in [0.25, 0.3) is 5.91 Å². The summed E-state index contributed by atoms with van der Waals surface area (Å²) in [5.41, 5.74) is 2.00. The summed E-state index contributed by atoms with van der Waals surface area (Å²) in [6.07, 6.45) is -0.119. The van der Waals surface area contributed by atoms with Gasteiger partial charge in [0.05, 0.1) is 6.42 Å². The van der Waals surface area contributed by atoms with Gasteiger partial charge in [-0.1, -0.05) is 35.9 Å². The van der Waals surface area contributed by atoms with Gasteiger partial charge >= 0.3 is 0 Å². The van der Waals surface area contributed by atoms with Crippen LogP contribution in [0.3, 0.4) is 0 Å². The zero-order valence-corrected chi connectivity index (χ0v) is 15.6. The Labute approximate surface area is 162 Å². The van der Waals surface area contributed by atoms with Crippen molar-refractivity contribution >= 4 is 35.0 Å². The van der Waals surface area contributed by atoms with Crippen LogP contribution in [0.4, 0.5) is 5.69 Å². The molecule has 0 aliphatic carbocycles. The fourth-order valence-corrected chi connectivity index (χ4v) is 3.23. The van der Waals surface area contributed by atoms with Crippen LogP contribution in [-0.2, 0) is 9.59 Å². The summed E-state index contributed by atoms with van der Waals surface area (Å²) >= 11 is 5.97. The van der Waals surface area contributed by atoms with Crippen molar-refractivity contribution in [2.45, 2.75) is 19.4 Å². The third kappa shape index (κ3) is 4.46. The third-order valence-corrected chi connectivity index (χ3v) is 4.70. The Morgan fingerprint density at radius 2 is 2.00 bits per heavy atom. The molecular formula is C20H20ClN3O3. The number of benzene rings is 2. The Balaban J connectivity index is 1.76. The lowest BCUT2D eigenvalue weighted by Gasteiger charge is -2.34. The van der Waals surface area contributed by atoms with Crippen LogP contribution in [0.15, 0.2) is 48.5 Å². The van der Waals surface area contributed by atoms with Crippen molar-refractivity contribution in [3.8, 4) is 0 Å². The number of para-hydroxylation sites is 1. The largest absolute Gasteiger partial charge is 0.353 e. The maximum Gasteiger partial charge on any atom is 0.254 e. The molecule has 0 radical (unpaired) electrons. The van der Waals surface area contributed by atoms with E-state index in [4.69, 9.17) is 11.6 Å². The monoisotopic (exact) mass is 385 g/mol. The fourth-order valence-electron chi connectivity index (χ4n) is 3.04. The second kappa shape index (κ2) is 8.22. The topological polar surface area (TPSA) is 78.5 Å². The van der Waals surface area contributed by atoms with Crippen molar-refractivity contribution in [2.24, 2.45) is 0 Å². The summed E-state index contributed by atoms with van der Waals surface area (Å²) in [6, 6.07) is 13.1. The van der Waals surface area contributed by atoms with E-state index in [1.165, 1.54) is 4.90 Å². The summed E-state index contributed by atoms with van der Waals surface area (Å²) in [6.45, 7) is 2.57. The van der Waals surface area contributed by atoms with Crippen molar-refractivity contribution in [2.75, 3.05) is 18.4 Å². The van der Waals surface area contributed by atoms with Gasteiger partial charge in [-0.05, 0) is 36.8 Å². The number of carbonyl (C=O) groups is 3. The molecule has 3 rings (SSSR count). The van der Waals surface area contributed by atoms with Gasteiger partial charge in [-0.3, -0.25) is 14.4 Å². The first-order valence-corrected chi connectivity index (χ1v) is 9.03. The van der Waals surface area contributed by atoms with Crippen LogP contribution in [-0.4, -0.2) is 41.8 Å². The quantitative estimate of drug-likeness (QED) is 0.849. The summed E-state index contributed by atoms with van der Waals surface area (Å²) in [5.74, 6) is -0.979. The van der Waals surface area contributed by atoms with Gasteiger partial charge in [-0.15, -0.1) is 0 Å². The molecular weight excluding hydrogens is 366 g/mol. The molecule has 7 heteroatoms. The molecule has 1 saturated heterocycles. The van der Waals surface area contributed by atoms with Crippen molar-refractivity contribution < 1.29 is 14.4 Å². The molecule has 2 N–H and O–H groups in total. The Bertz CT molecular complexity index is 884. The molecule has 0 saturated carbocycles. The van der Waals surface area contributed by atoms with Gasteiger partial charge in [-0.2, -0.15) is 0 Å². The number of rotatable bonds is 4. The number of amides is 3. The highest BCUT2D eigenvalue weighted by atomic mass is 35.5. The number of anilines is 1. The van der Waals surface area contributed by atoms with Crippen molar-refractivity contribution in [1.82, 2.24) is 10.2 Å². The van der Waals surface area contributed by atoms with Crippen molar-refractivity contribution in [1.29, 1.82) is 0 Å². The van der Waals surface area contributed by atoms with Crippen molar-refractivity contribution in [3.05, 3.63) is 64.7 Å². The first-order chi connectivity index (χ1) is 13.0. The number of nitrogens with zero attached hydrogens (tertiary/aromatic N) is 1. The number of aryl methyl sites for hydroxylation is 1. The number of hydrogen-bond donors (Lipinski definition) is 2. The molecule has 2 aromatic carbocycles. The lowest BCUT2D eigenvalue weighted by Crippen LogP contribution is -2.58. The second-order valence-corrected chi connectivity index (χ2v) is 6.82. The number of halogens is 1. The van der Waals surface area contributed by atoms with E-state index in [0.717, 1.165) is 5.56 Å². The zero-order valence-electron chi connectivity index (χ0n) is 14.9. The normalized spacial score (nSPS) is 16.6. The van der Waals surface area contributed by atoms with Gasteiger partial charge in [0, 0.05) is 29.4 Å². The van der Waals surface area contributed by atoms with E-state index in [0.29, 0.717) is 29.4 Å². The number of hydrogen-bond acceptors (Lipinski definition) is 3. The minimum atomic E-state index is -0.866. The van der Waals surface area contributed by atoms with E-state index in [-0.39, 0.29) is 24.1 Å². The van der Waals surface area contributed by atoms with E-state index >= 15 is 0 Å². The molecule has 0 aromatic heterocycles. The lowest BCUT2D eigenvalue weighted by atomic mass is 10.1. The number of nitrogens with one attached hydrogen (secondary N) is 2. The van der Waals surface area contributed by atoms with Crippen LogP contribution in [0.2, 0.25) is 5.02 Å². The van der Waals surface area contributed by atoms with Gasteiger partial charge in [0.1, 0.15) is 6.04 Å². The molecule has 1 aliphatic rings. The van der Waals surface area contributed by atoms with Crippen LogP contribution < -0.4 is 10.6 Å². The van der Waals surface area contributed by atoms with Crippen LogP contribution in [0.25, 0.3) is 0 Å². The van der Waals surface area contributed by atoms with Gasteiger partial charge in [-0.25, -0.2) is 0 Å². The predicted octanol–water partition coefficient (Wildman–Crippen LogP) is 2.62. The zero-order chi connectivity index (χ0) is 19.4. The molecule has 1 atom stereocenters. The third-order valence-electron chi connectivity index (χ3n) is 4.46. The minimum absolute atomic E-state index is 0.119. The maximum atomic E-state index is 12.9. The molecule has 0 unspecified atom stereocenters. The first-order valence-electron chi connectivity index (χ1n) is 8.65. The van der Waals surface area contributed by atoms with Crippen molar-refractivity contribution in [3.63, 3.8) is 0 Å². The highest BCUT2D eigenvalue weighted by molar-refractivity contribution is 6.31. The van der Waals surface area contributed by atoms with Gasteiger partial charge < -0.3 is 15.5 Å². The highest BCUT2D eigenvalue weighted by Crippen LogP contribution is 2.19. The van der Waals surface area contributed by atoms with Gasteiger partial charge in [0.2, 0.25) is 11.8 Å². The van der Waals surface area contributed by atoms with Gasteiger partial charge in [0.15, 0.2) is 0 Å². The summed E-state index contributed by atoms with van der Waals surface area (Å²) < 4.78 is 0. The van der Waals surface area contributed by atoms with Crippen LogP contribution in [0, 0.1) is 6.92 Å². The van der Waals surface area contributed by atoms with E-state index in [9.17, 15) is 14.4 Å². The van der Waals surface area contributed by atoms with Crippen LogP contribution in [0.1, 0.15) is 22.3 Å². The molecule has 140 valence electrons. The summed E-state index contributed by atoms with van der Waals surface area (Å²) in [5, 5.41) is 5.97. The first kappa shape index (κ1) is 18.9. The molecule has 0 spiro atoms. The number of carbonyl (C=O) groups excluding carboxylic acids is 3. The predicted molar refractivity (Wildman–Crippen MR) is 104 cm³/mol. The molecule has 6 nitrogen and oxygen atoms in total. The van der Waals surface area contributed by atoms with Crippen LogP contribution >= 0.6 is 11.6 Å². The van der Waals surface area contributed by atoms with Crippen LogP contribution in [0.5, 0.6) is 0 Å². The average Bonchev–Trinajstić information content (AvgIpc) is 2.65. The number of piperazine rings is 1. The Morgan fingerprint density at radius 3 is 2.74 bits per heavy atom. The molecule has 27 heavy (non-hydrogen) atoms. The van der Waals surface area contributed by atoms with E-state index in [1.807, 2.05) is 25.1 Å². The molecule has 1 heterocycles. The Kier molecular flexibility index (Phi) is 5.76. The summed E-state index contributed by atoms with van der Waals surface area (Å²) in [7, 11) is 0. The van der Waals surface area contributed by atoms with E-state index < -0.39 is 6.04 Å². The van der Waals surface area contributed by atoms with E-state index in [1.54, 1.807) is 30.3 Å². The summed E-state index contributed by atoms with van der Waals surface area (Å²) in [4.78, 5) is 39.1. The Morgan fingerprint density at radius 1 is 1.22 bits per heavy atom. The maximum absolute atomic E-state index is 12.9.